The minimum Gasteiger partial charge on any atom is -0.495 e. The minimum absolute atomic E-state index is 0. The van der Waals surface area contributed by atoms with E-state index in [1.807, 2.05) is 20.8 Å². The molecule has 3 N–H and O–H groups in total. The van der Waals surface area contributed by atoms with Gasteiger partial charge >= 0.3 is 0 Å². The third-order valence-corrected chi connectivity index (χ3v) is 4.59. The summed E-state index contributed by atoms with van der Waals surface area (Å²) in [6.45, 7) is 6.34. The summed E-state index contributed by atoms with van der Waals surface area (Å²) in [5.41, 5.74) is 5.80. The lowest BCUT2D eigenvalue weighted by atomic mass is 9.88. The molecule has 5 nitrogen and oxygen atoms in total. The van der Waals surface area contributed by atoms with Crippen LogP contribution in [0.4, 0.5) is 0 Å². The lowest BCUT2D eigenvalue weighted by molar-refractivity contribution is 0.0882. The van der Waals surface area contributed by atoms with Gasteiger partial charge in [-0.1, -0.05) is 13.8 Å². The van der Waals surface area contributed by atoms with E-state index in [0.717, 1.165) is 0 Å². The SMILES string of the molecule is COc1cc(C(=O)NC(C)(CN)C(C)C)cc(OC)c1Br.Cl. The van der Waals surface area contributed by atoms with Gasteiger partial charge in [-0.05, 0) is 40.9 Å². The smallest absolute Gasteiger partial charge is 0.252 e. The van der Waals surface area contributed by atoms with Gasteiger partial charge in [0, 0.05) is 12.1 Å². The molecule has 0 heterocycles. The number of nitrogens with one attached hydrogen (secondary N) is 1. The quantitative estimate of drug-likeness (QED) is 0.776. The molecule has 1 unspecified atom stereocenters. The van der Waals surface area contributed by atoms with Crippen LogP contribution in [0.5, 0.6) is 11.5 Å². The van der Waals surface area contributed by atoms with Crippen molar-refractivity contribution in [3.8, 4) is 11.5 Å². The predicted octanol–water partition coefficient (Wildman–Crippen LogP) is 2.99. The molecule has 0 saturated carbocycles. The van der Waals surface area contributed by atoms with E-state index in [1.165, 1.54) is 0 Å². The number of halogens is 2. The first-order valence-corrected chi connectivity index (χ1v) is 7.52. The van der Waals surface area contributed by atoms with Crippen LogP contribution in [0.3, 0.4) is 0 Å². The number of carbonyl (C=O) groups excluding carboxylic acids is 1. The van der Waals surface area contributed by atoms with E-state index in [9.17, 15) is 4.79 Å². The molecule has 0 bridgehead atoms. The number of benzene rings is 1. The highest BCUT2D eigenvalue weighted by molar-refractivity contribution is 9.10. The van der Waals surface area contributed by atoms with Crippen molar-refractivity contribution in [1.82, 2.24) is 5.32 Å². The highest BCUT2D eigenvalue weighted by atomic mass is 79.9. The highest BCUT2D eigenvalue weighted by Crippen LogP contribution is 2.35. The number of hydrogen-bond donors (Lipinski definition) is 2. The van der Waals surface area contributed by atoms with Crippen molar-refractivity contribution in [3.63, 3.8) is 0 Å². The molecule has 0 aliphatic carbocycles. The fourth-order valence-electron chi connectivity index (χ4n) is 1.76. The Hall–Kier alpha value is -0.980. The van der Waals surface area contributed by atoms with Gasteiger partial charge < -0.3 is 20.5 Å². The Labute approximate surface area is 146 Å². The zero-order valence-corrected chi connectivity index (χ0v) is 15.9. The molecule has 0 spiro atoms. The van der Waals surface area contributed by atoms with Crippen LogP contribution >= 0.6 is 28.3 Å². The fourth-order valence-corrected chi connectivity index (χ4v) is 2.32. The van der Waals surface area contributed by atoms with Gasteiger partial charge in [-0.3, -0.25) is 4.79 Å². The van der Waals surface area contributed by atoms with Gasteiger partial charge in [-0.2, -0.15) is 0 Å². The maximum atomic E-state index is 12.5. The summed E-state index contributed by atoms with van der Waals surface area (Å²) in [7, 11) is 3.08. The molecule has 1 aromatic carbocycles. The van der Waals surface area contributed by atoms with Crippen LogP contribution in [0, 0.1) is 5.92 Å². The van der Waals surface area contributed by atoms with Crippen LogP contribution in [0.1, 0.15) is 31.1 Å². The first-order valence-electron chi connectivity index (χ1n) is 6.73. The number of hydrogen-bond acceptors (Lipinski definition) is 4. The van der Waals surface area contributed by atoms with Crippen LogP contribution in [-0.2, 0) is 0 Å². The van der Waals surface area contributed by atoms with E-state index < -0.39 is 5.54 Å². The summed E-state index contributed by atoms with van der Waals surface area (Å²) < 4.78 is 11.2. The second-order valence-corrected chi connectivity index (χ2v) is 6.22. The second kappa shape index (κ2) is 8.60. The van der Waals surface area contributed by atoms with E-state index in [-0.39, 0.29) is 24.2 Å². The fraction of sp³-hybridized carbons (Fsp3) is 0.533. The Balaban J connectivity index is 0.00000441. The molecule has 0 fully saturated rings. The molecular weight excluding hydrogens is 372 g/mol. The Morgan fingerprint density at radius 1 is 1.32 bits per heavy atom. The van der Waals surface area contributed by atoms with Crippen molar-refractivity contribution in [2.45, 2.75) is 26.3 Å². The maximum Gasteiger partial charge on any atom is 0.252 e. The lowest BCUT2D eigenvalue weighted by Crippen LogP contribution is -2.55. The molecule has 0 aromatic heterocycles. The Morgan fingerprint density at radius 2 is 1.77 bits per heavy atom. The van der Waals surface area contributed by atoms with E-state index in [1.54, 1.807) is 26.4 Å². The summed E-state index contributed by atoms with van der Waals surface area (Å²) in [6, 6.07) is 3.33. The number of ether oxygens (including phenoxy) is 2. The summed E-state index contributed by atoms with van der Waals surface area (Å²) >= 11 is 3.38. The average Bonchev–Trinajstić information content (AvgIpc) is 2.46. The number of methoxy groups -OCH3 is 2. The van der Waals surface area contributed by atoms with Crippen molar-refractivity contribution in [1.29, 1.82) is 0 Å². The van der Waals surface area contributed by atoms with Crippen LogP contribution in [-0.4, -0.2) is 32.2 Å². The molecule has 0 radical (unpaired) electrons. The Kier molecular flexibility index (Phi) is 8.22. The summed E-state index contributed by atoms with van der Waals surface area (Å²) in [4.78, 5) is 12.5. The molecule has 1 atom stereocenters. The van der Waals surface area contributed by atoms with Crippen molar-refractivity contribution in [3.05, 3.63) is 22.2 Å². The first kappa shape index (κ1) is 21.0. The van der Waals surface area contributed by atoms with Crippen molar-refractivity contribution in [2.75, 3.05) is 20.8 Å². The van der Waals surface area contributed by atoms with Gasteiger partial charge in [0.25, 0.3) is 5.91 Å². The highest BCUT2D eigenvalue weighted by Gasteiger charge is 2.29. The summed E-state index contributed by atoms with van der Waals surface area (Å²) in [5.74, 6) is 1.09. The number of carbonyl (C=O) groups is 1. The number of amides is 1. The number of nitrogens with two attached hydrogens (primary N) is 1. The summed E-state index contributed by atoms with van der Waals surface area (Å²) in [6.07, 6.45) is 0. The average molecular weight is 396 g/mol. The van der Waals surface area contributed by atoms with Gasteiger partial charge in [0.1, 0.15) is 16.0 Å². The Morgan fingerprint density at radius 3 is 2.09 bits per heavy atom. The van der Waals surface area contributed by atoms with Gasteiger partial charge in [0.15, 0.2) is 0 Å². The molecule has 0 aliphatic rings. The van der Waals surface area contributed by atoms with Gasteiger partial charge in [-0.15, -0.1) is 12.4 Å². The van der Waals surface area contributed by atoms with Crippen LogP contribution < -0.4 is 20.5 Å². The zero-order valence-electron chi connectivity index (χ0n) is 13.5. The number of rotatable bonds is 6. The molecular formula is C15H24BrClN2O3. The molecule has 1 aromatic rings. The Bertz CT molecular complexity index is 501. The molecule has 126 valence electrons. The van der Waals surface area contributed by atoms with E-state index in [2.05, 4.69) is 21.2 Å². The third kappa shape index (κ3) is 4.51. The molecule has 0 aliphatic heterocycles. The van der Waals surface area contributed by atoms with Crippen LogP contribution in [0.25, 0.3) is 0 Å². The van der Waals surface area contributed by atoms with Crippen LogP contribution in [0.2, 0.25) is 0 Å². The third-order valence-electron chi connectivity index (χ3n) is 3.81. The molecule has 22 heavy (non-hydrogen) atoms. The monoisotopic (exact) mass is 394 g/mol. The maximum absolute atomic E-state index is 12.5. The molecule has 1 amide bonds. The summed E-state index contributed by atoms with van der Waals surface area (Å²) in [5, 5.41) is 2.99. The van der Waals surface area contributed by atoms with Crippen LogP contribution in [0.15, 0.2) is 16.6 Å². The van der Waals surface area contributed by atoms with Gasteiger partial charge in [-0.25, -0.2) is 0 Å². The first-order chi connectivity index (χ1) is 9.78. The van der Waals surface area contributed by atoms with Crippen molar-refractivity contribution in [2.24, 2.45) is 11.7 Å². The minimum atomic E-state index is -0.468. The normalized spacial score (nSPS) is 13.1. The largest absolute Gasteiger partial charge is 0.495 e. The topological polar surface area (TPSA) is 73.6 Å². The molecule has 1 rings (SSSR count). The van der Waals surface area contributed by atoms with Crippen molar-refractivity contribution >= 4 is 34.2 Å². The standard InChI is InChI=1S/C15H23BrN2O3.ClH/c1-9(2)15(3,8-17)18-14(19)10-6-11(20-4)13(16)12(7-10)21-5;/h6-7,9H,8,17H2,1-5H3,(H,18,19);1H. The zero-order chi connectivity index (χ0) is 16.2. The molecule has 7 heteroatoms. The van der Waals surface area contributed by atoms with E-state index in [0.29, 0.717) is 28.1 Å². The van der Waals surface area contributed by atoms with Crippen molar-refractivity contribution < 1.29 is 14.3 Å². The van der Waals surface area contributed by atoms with Gasteiger partial charge in [0.05, 0.1) is 19.8 Å². The predicted molar refractivity (Wildman–Crippen MR) is 94.3 cm³/mol. The van der Waals surface area contributed by atoms with E-state index in [4.69, 9.17) is 15.2 Å². The van der Waals surface area contributed by atoms with Gasteiger partial charge in [0.2, 0.25) is 0 Å². The lowest BCUT2D eigenvalue weighted by Gasteiger charge is -2.33. The van der Waals surface area contributed by atoms with E-state index >= 15 is 0 Å². The molecule has 0 saturated heterocycles. The second-order valence-electron chi connectivity index (χ2n) is 5.43.